The van der Waals surface area contributed by atoms with E-state index in [0.29, 0.717) is 40.0 Å². The molecule has 0 radical (unpaired) electrons. The highest BCUT2D eigenvalue weighted by Gasteiger charge is 2.17. The maximum Gasteiger partial charge on any atom is 0.272 e. The molecule has 0 atom stereocenters. The number of carbonyl (C=O) groups is 1. The Bertz CT molecular complexity index is 1370. The minimum absolute atomic E-state index is 0.0765. The Hall–Kier alpha value is -3.30. The van der Waals surface area contributed by atoms with Crippen LogP contribution in [-0.2, 0) is 17.8 Å². The van der Waals surface area contributed by atoms with Gasteiger partial charge in [-0.05, 0) is 47.5 Å². The monoisotopic (exact) mass is 493 g/mol. The topological polar surface area (TPSA) is 82.5 Å². The smallest absolute Gasteiger partial charge is 0.272 e. The number of rotatable bonds is 9. The summed E-state index contributed by atoms with van der Waals surface area (Å²) in [7, 11) is 0. The van der Waals surface area contributed by atoms with E-state index in [1.807, 2.05) is 47.8 Å². The van der Waals surface area contributed by atoms with Crippen LogP contribution < -0.4 is 20.3 Å². The molecule has 2 aromatic heterocycles. The summed E-state index contributed by atoms with van der Waals surface area (Å²) in [4.78, 5) is 30.3. The lowest BCUT2D eigenvalue weighted by Gasteiger charge is -2.12. The zero-order valence-corrected chi connectivity index (χ0v) is 20.0. The van der Waals surface area contributed by atoms with Crippen molar-refractivity contribution in [3.8, 4) is 11.5 Å². The van der Waals surface area contributed by atoms with Crippen LogP contribution in [-0.4, -0.2) is 34.5 Å². The number of hydrogen-bond acceptors (Lipinski definition) is 7. The number of thiophene rings is 1. The Balaban J connectivity index is 1.26. The van der Waals surface area contributed by atoms with Gasteiger partial charge < -0.3 is 14.8 Å². The van der Waals surface area contributed by atoms with Gasteiger partial charge in [-0.3, -0.25) is 14.2 Å². The maximum atomic E-state index is 13.2. The molecule has 0 bridgehead atoms. The van der Waals surface area contributed by atoms with E-state index in [-0.39, 0.29) is 24.0 Å². The Morgan fingerprint density at radius 1 is 1.09 bits per heavy atom. The maximum absolute atomic E-state index is 13.2. The highest BCUT2D eigenvalue weighted by molar-refractivity contribution is 7.99. The minimum Gasteiger partial charge on any atom is -0.454 e. The second kappa shape index (κ2) is 10.3. The van der Waals surface area contributed by atoms with Crippen molar-refractivity contribution in [1.82, 2.24) is 14.9 Å². The molecule has 4 aromatic rings. The molecule has 1 aliphatic rings. The molecule has 0 aliphatic carbocycles. The number of hydrogen-bond donors (Lipinski definition) is 1. The van der Waals surface area contributed by atoms with E-state index in [4.69, 9.17) is 9.47 Å². The van der Waals surface area contributed by atoms with Gasteiger partial charge in [-0.2, -0.15) is 0 Å². The van der Waals surface area contributed by atoms with Crippen molar-refractivity contribution in [2.75, 3.05) is 19.1 Å². The van der Waals surface area contributed by atoms with E-state index >= 15 is 0 Å². The van der Waals surface area contributed by atoms with Crippen LogP contribution in [0.4, 0.5) is 0 Å². The van der Waals surface area contributed by atoms with Gasteiger partial charge in [-0.15, -0.1) is 11.3 Å². The summed E-state index contributed by atoms with van der Waals surface area (Å²) in [5.41, 5.74) is 2.70. The van der Waals surface area contributed by atoms with Crippen molar-refractivity contribution in [2.24, 2.45) is 0 Å². The summed E-state index contributed by atoms with van der Waals surface area (Å²) >= 11 is 2.65. The van der Waals surface area contributed by atoms with Gasteiger partial charge in [0.15, 0.2) is 16.7 Å². The second-order valence-corrected chi connectivity index (χ2v) is 9.69. The van der Waals surface area contributed by atoms with Crippen LogP contribution in [0.15, 0.2) is 69.9 Å². The normalized spacial score (nSPS) is 12.2. The number of aromatic nitrogens is 2. The van der Waals surface area contributed by atoms with Gasteiger partial charge in [0.1, 0.15) is 4.70 Å². The summed E-state index contributed by atoms with van der Waals surface area (Å²) in [5.74, 6) is 1.47. The molecule has 0 unspecified atom stereocenters. The van der Waals surface area contributed by atoms with Gasteiger partial charge in [0.2, 0.25) is 12.7 Å². The predicted octanol–water partition coefficient (Wildman–Crippen LogP) is 4.08. The molecule has 0 fully saturated rings. The summed E-state index contributed by atoms with van der Waals surface area (Å²) in [6.07, 6.45) is 1.79. The first-order valence-corrected chi connectivity index (χ1v) is 12.8. The third kappa shape index (κ3) is 5.10. The molecule has 0 saturated carbocycles. The molecule has 9 heteroatoms. The quantitative estimate of drug-likeness (QED) is 0.215. The van der Waals surface area contributed by atoms with Crippen LogP contribution in [0, 0.1) is 0 Å². The van der Waals surface area contributed by atoms with Crippen LogP contribution in [0.1, 0.15) is 17.5 Å². The van der Waals surface area contributed by atoms with Crippen LogP contribution in [0.25, 0.3) is 10.2 Å². The molecular formula is C25H23N3O4S2. The fourth-order valence-electron chi connectivity index (χ4n) is 3.74. The van der Waals surface area contributed by atoms with Gasteiger partial charge in [0, 0.05) is 6.54 Å². The molecule has 2 aromatic carbocycles. The lowest BCUT2D eigenvalue weighted by molar-refractivity contribution is -0.118. The Labute approximate surface area is 204 Å². The van der Waals surface area contributed by atoms with Crippen LogP contribution >= 0.6 is 23.1 Å². The van der Waals surface area contributed by atoms with Crippen molar-refractivity contribution >= 4 is 39.2 Å². The molecule has 1 amide bonds. The summed E-state index contributed by atoms with van der Waals surface area (Å²) in [6, 6.07) is 17.7. The third-order valence-electron chi connectivity index (χ3n) is 5.45. The number of ether oxygens (including phenoxy) is 2. The van der Waals surface area contributed by atoms with E-state index in [1.54, 1.807) is 4.57 Å². The fourth-order valence-corrected chi connectivity index (χ4v) is 5.35. The largest absolute Gasteiger partial charge is 0.454 e. The molecule has 1 N–H and O–H groups in total. The van der Waals surface area contributed by atoms with Gasteiger partial charge in [-0.25, -0.2) is 4.98 Å². The van der Waals surface area contributed by atoms with E-state index < -0.39 is 0 Å². The average molecular weight is 494 g/mol. The van der Waals surface area contributed by atoms with E-state index in [1.165, 1.54) is 28.7 Å². The first-order valence-electron chi connectivity index (χ1n) is 11.0. The van der Waals surface area contributed by atoms with E-state index in [2.05, 4.69) is 22.4 Å². The number of nitrogens with zero attached hydrogens (tertiary/aromatic N) is 2. The SMILES string of the molecule is O=C(CSc1nc2ccsc2c(=O)n1Cc1ccc2c(c1)OCO2)NCCCc1ccccc1. The van der Waals surface area contributed by atoms with Crippen molar-refractivity contribution in [1.29, 1.82) is 0 Å². The summed E-state index contributed by atoms with van der Waals surface area (Å²) in [6.45, 7) is 1.13. The Morgan fingerprint density at radius 3 is 2.82 bits per heavy atom. The molecule has 5 rings (SSSR count). The number of carbonyl (C=O) groups excluding carboxylic acids is 1. The van der Waals surface area contributed by atoms with Crippen molar-refractivity contribution in [2.45, 2.75) is 24.5 Å². The highest BCUT2D eigenvalue weighted by atomic mass is 32.2. The van der Waals surface area contributed by atoms with Gasteiger partial charge in [-0.1, -0.05) is 48.2 Å². The molecule has 7 nitrogen and oxygen atoms in total. The third-order valence-corrected chi connectivity index (χ3v) is 7.32. The van der Waals surface area contributed by atoms with Crippen LogP contribution in [0.2, 0.25) is 0 Å². The number of thioether (sulfide) groups is 1. The van der Waals surface area contributed by atoms with E-state index in [0.717, 1.165) is 18.4 Å². The number of fused-ring (bicyclic) bond motifs is 2. The lowest BCUT2D eigenvalue weighted by Crippen LogP contribution is -2.28. The van der Waals surface area contributed by atoms with Crippen molar-refractivity contribution in [3.63, 3.8) is 0 Å². The molecular weight excluding hydrogens is 470 g/mol. The molecule has 1 aliphatic heterocycles. The summed E-state index contributed by atoms with van der Waals surface area (Å²) in [5, 5.41) is 5.34. The zero-order valence-electron chi connectivity index (χ0n) is 18.4. The average Bonchev–Trinajstić information content (AvgIpc) is 3.52. The zero-order chi connectivity index (χ0) is 23.3. The first-order chi connectivity index (χ1) is 16.7. The number of benzene rings is 2. The number of amides is 1. The molecule has 0 saturated heterocycles. The molecule has 174 valence electrons. The van der Waals surface area contributed by atoms with Crippen LogP contribution in [0.5, 0.6) is 11.5 Å². The molecule has 0 spiro atoms. The number of nitrogens with one attached hydrogen (secondary N) is 1. The number of aryl methyl sites for hydroxylation is 1. The van der Waals surface area contributed by atoms with Gasteiger partial charge in [0.05, 0.1) is 17.8 Å². The van der Waals surface area contributed by atoms with E-state index in [9.17, 15) is 9.59 Å². The molecule has 3 heterocycles. The van der Waals surface area contributed by atoms with Crippen molar-refractivity contribution in [3.05, 3.63) is 81.5 Å². The first kappa shape index (κ1) is 22.5. The highest BCUT2D eigenvalue weighted by Crippen LogP contribution is 2.33. The molecule has 34 heavy (non-hydrogen) atoms. The Morgan fingerprint density at radius 2 is 1.94 bits per heavy atom. The predicted molar refractivity (Wildman–Crippen MR) is 134 cm³/mol. The minimum atomic E-state index is -0.108. The lowest BCUT2D eigenvalue weighted by atomic mass is 10.1. The van der Waals surface area contributed by atoms with Gasteiger partial charge in [0.25, 0.3) is 5.56 Å². The Kier molecular flexibility index (Phi) is 6.82. The summed E-state index contributed by atoms with van der Waals surface area (Å²) < 4.78 is 13.1. The standard InChI is InChI=1S/C25H23N3O4S2/c29-22(26-11-4-7-17-5-2-1-3-6-17)15-34-25-27-19-10-12-33-23(19)24(30)28(25)14-18-8-9-20-21(13-18)32-16-31-20/h1-3,5-6,8-10,12-13H,4,7,11,14-16H2,(H,26,29). The fraction of sp³-hybridized carbons (Fsp3) is 0.240. The van der Waals surface area contributed by atoms with Crippen LogP contribution in [0.3, 0.4) is 0 Å². The van der Waals surface area contributed by atoms with Crippen molar-refractivity contribution < 1.29 is 14.3 Å². The second-order valence-electron chi connectivity index (χ2n) is 7.84. The van der Waals surface area contributed by atoms with Gasteiger partial charge >= 0.3 is 0 Å².